The smallest absolute Gasteiger partial charge is 0.336 e. The summed E-state index contributed by atoms with van der Waals surface area (Å²) in [6, 6.07) is 13.6. The highest BCUT2D eigenvalue weighted by Crippen LogP contribution is 2.42. The van der Waals surface area contributed by atoms with Crippen molar-refractivity contribution in [1.82, 2.24) is 4.58 Å². The second-order valence-electron chi connectivity index (χ2n) is 6.94. The van der Waals surface area contributed by atoms with Crippen LogP contribution in [0.25, 0.3) is 22.5 Å². The third-order valence-electron chi connectivity index (χ3n) is 5.49. The Balaban J connectivity index is 2.07. The normalized spacial score (nSPS) is 13.0. The Morgan fingerprint density at radius 3 is 2.59 bits per heavy atom. The van der Waals surface area contributed by atoms with Gasteiger partial charge in [0.15, 0.2) is 0 Å². The van der Waals surface area contributed by atoms with Crippen molar-refractivity contribution in [3.05, 3.63) is 64.7 Å². The number of carboxylic acid groups (broad SMARTS) is 1. The van der Waals surface area contributed by atoms with Gasteiger partial charge in [0, 0.05) is 23.6 Å². The number of aryl methyl sites for hydroxylation is 1. The van der Waals surface area contributed by atoms with Gasteiger partial charge < -0.3 is 9.52 Å². The number of hydrogen-bond acceptors (Lipinski definition) is 2. The van der Waals surface area contributed by atoms with E-state index in [0.717, 1.165) is 71.5 Å². The Bertz CT molecular complexity index is 1060. The molecule has 0 saturated heterocycles. The van der Waals surface area contributed by atoms with Crippen molar-refractivity contribution in [2.45, 2.75) is 33.1 Å². The van der Waals surface area contributed by atoms with Crippen LogP contribution in [0.1, 0.15) is 41.9 Å². The molecule has 0 bridgehead atoms. The Labute approximate surface area is 158 Å². The van der Waals surface area contributed by atoms with Crippen molar-refractivity contribution in [3.63, 3.8) is 0 Å². The number of fused-ring (bicyclic) bond motifs is 2. The van der Waals surface area contributed by atoms with E-state index in [1.807, 2.05) is 12.1 Å². The molecule has 1 aliphatic heterocycles. The lowest BCUT2D eigenvalue weighted by molar-refractivity contribution is 0.0697. The van der Waals surface area contributed by atoms with Crippen LogP contribution in [0.2, 0.25) is 0 Å². The number of aromatic carboxylic acids is 1. The van der Waals surface area contributed by atoms with E-state index in [4.69, 9.17) is 4.42 Å². The van der Waals surface area contributed by atoms with Crippen molar-refractivity contribution in [1.29, 1.82) is 0 Å². The van der Waals surface area contributed by atoms with Crippen LogP contribution in [-0.2, 0) is 12.8 Å². The van der Waals surface area contributed by atoms with Crippen molar-refractivity contribution in [2.75, 3.05) is 13.1 Å². The van der Waals surface area contributed by atoms with Crippen molar-refractivity contribution >= 4 is 5.97 Å². The van der Waals surface area contributed by atoms with Gasteiger partial charge in [-0.3, -0.25) is 0 Å². The minimum absolute atomic E-state index is 0.340. The van der Waals surface area contributed by atoms with Crippen LogP contribution in [0.4, 0.5) is 0 Å². The van der Waals surface area contributed by atoms with Crippen LogP contribution in [0.3, 0.4) is 0 Å². The predicted molar refractivity (Wildman–Crippen MR) is 106 cm³/mol. The molecular weight excluding hydrogens is 338 g/mol. The second-order valence-corrected chi connectivity index (χ2v) is 6.94. The maximum Gasteiger partial charge on any atom is 0.336 e. The molecule has 27 heavy (non-hydrogen) atoms. The summed E-state index contributed by atoms with van der Waals surface area (Å²) in [7, 11) is 0. The maximum atomic E-state index is 11.8. The Morgan fingerprint density at radius 1 is 1.07 bits per heavy atom. The standard InChI is InChI=1S/C23H23NO3/c1-3-24(4-2)15-12-13-19-21(14-15)27-20-11-7-10-18(20)22(19)16-8-5-6-9-17(16)23(25)26/h5-6,8-9,12-14H,3-4,7,10-11H2,1-2H3/p+1. The average molecular weight is 362 g/mol. The van der Waals surface area contributed by atoms with Gasteiger partial charge in [-0.15, -0.1) is 0 Å². The molecule has 2 aliphatic carbocycles. The lowest BCUT2D eigenvalue weighted by Gasteiger charge is -2.17. The molecular formula is C23H24NO3+. The third kappa shape index (κ3) is 2.95. The molecule has 0 atom stereocenters. The van der Waals surface area contributed by atoms with Crippen molar-refractivity contribution in [3.8, 4) is 22.5 Å². The number of rotatable bonds is 4. The van der Waals surface area contributed by atoms with Gasteiger partial charge in [0.1, 0.15) is 24.6 Å². The van der Waals surface area contributed by atoms with E-state index >= 15 is 0 Å². The third-order valence-corrected chi connectivity index (χ3v) is 5.49. The SMILES string of the molecule is CC[N+](CC)=c1ccc2c(-c3ccccc3C(=O)O)c3c(oc-2c1)CCC3. The van der Waals surface area contributed by atoms with Gasteiger partial charge in [-0.05, 0) is 49.9 Å². The molecule has 0 amide bonds. The van der Waals surface area contributed by atoms with E-state index < -0.39 is 5.97 Å². The van der Waals surface area contributed by atoms with Gasteiger partial charge in [0.05, 0.1) is 11.6 Å². The first-order valence-electron chi connectivity index (χ1n) is 9.63. The molecule has 1 aromatic carbocycles. The van der Waals surface area contributed by atoms with Crippen LogP contribution >= 0.6 is 0 Å². The van der Waals surface area contributed by atoms with E-state index in [-0.39, 0.29) is 0 Å². The Morgan fingerprint density at radius 2 is 1.85 bits per heavy atom. The molecule has 4 rings (SSSR count). The van der Waals surface area contributed by atoms with Gasteiger partial charge in [0.2, 0.25) is 5.36 Å². The number of carbonyl (C=O) groups is 1. The molecule has 138 valence electrons. The number of carboxylic acids is 1. The summed E-state index contributed by atoms with van der Waals surface area (Å²) >= 11 is 0. The zero-order chi connectivity index (χ0) is 19.0. The van der Waals surface area contributed by atoms with E-state index in [2.05, 4.69) is 36.6 Å². The summed E-state index contributed by atoms with van der Waals surface area (Å²) < 4.78 is 8.56. The fourth-order valence-corrected chi connectivity index (χ4v) is 4.17. The molecule has 0 radical (unpaired) electrons. The molecule has 1 aromatic rings. The lowest BCUT2D eigenvalue weighted by Crippen LogP contribution is -2.29. The van der Waals surface area contributed by atoms with Crippen LogP contribution in [-0.4, -0.2) is 24.2 Å². The fraction of sp³-hybridized carbons (Fsp3) is 0.304. The molecule has 0 spiro atoms. The topological polar surface area (TPSA) is 53.5 Å². The van der Waals surface area contributed by atoms with Crippen molar-refractivity contribution in [2.24, 2.45) is 0 Å². The number of benzene rings is 2. The first-order chi connectivity index (χ1) is 13.1. The Hall–Kier alpha value is -2.88. The Kier molecular flexibility index (Phi) is 4.56. The first kappa shape index (κ1) is 17.5. The van der Waals surface area contributed by atoms with Gasteiger partial charge >= 0.3 is 5.97 Å². The average Bonchev–Trinajstić information content (AvgIpc) is 3.15. The van der Waals surface area contributed by atoms with Gasteiger partial charge in [-0.25, -0.2) is 9.37 Å². The number of nitrogens with zero attached hydrogens (tertiary/aromatic N) is 1. The minimum Gasteiger partial charge on any atom is -0.478 e. The zero-order valence-corrected chi connectivity index (χ0v) is 15.8. The van der Waals surface area contributed by atoms with Crippen LogP contribution in [0.15, 0.2) is 46.9 Å². The molecule has 0 aromatic heterocycles. The summed E-state index contributed by atoms with van der Waals surface area (Å²) in [4.78, 5) is 11.8. The molecule has 3 aliphatic rings. The van der Waals surface area contributed by atoms with E-state index in [1.165, 1.54) is 0 Å². The molecule has 0 unspecified atom stereocenters. The summed E-state index contributed by atoms with van der Waals surface area (Å²) in [5, 5.41) is 10.8. The second kappa shape index (κ2) is 7.03. The number of hydrogen-bond donors (Lipinski definition) is 1. The van der Waals surface area contributed by atoms with Gasteiger partial charge in [0.25, 0.3) is 0 Å². The highest BCUT2D eigenvalue weighted by molar-refractivity contribution is 5.99. The molecule has 4 nitrogen and oxygen atoms in total. The van der Waals surface area contributed by atoms with E-state index in [9.17, 15) is 9.90 Å². The first-order valence-corrected chi connectivity index (χ1v) is 9.63. The molecule has 1 N–H and O–H groups in total. The maximum absolute atomic E-state index is 11.8. The van der Waals surface area contributed by atoms with E-state index in [1.54, 1.807) is 12.1 Å². The predicted octanol–water partition coefficient (Wildman–Crippen LogP) is 4.05. The quantitative estimate of drug-likeness (QED) is 0.713. The summed E-state index contributed by atoms with van der Waals surface area (Å²) in [5.74, 6) is 0.927. The highest BCUT2D eigenvalue weighted by Gasteiger charge is 2.27. The largest absolute Gasteiger partial charge is 0.478 e. The molecule has 1 heterocycles. The summed E-state index contributed by atoms with van der Waals surface area (Å²) in [6.45, 7) is 6.15. The van der Waals surface area contributed by atoms with Gasteiger partial charge in [-0.1, -0.05) is 18.2 Å². The summed E-state index contributed by atoms with van der Waals surface area (Å²) in [5.41, 5.74) is 4.28. The van der Waals surface area contributed by atoms with Gasteiger partial charge in [-0.2, -0.15) is 0 Å². The molecule has 4 heteroatoms. The molecule has 0 saturated carbocycles. The van der Waals surface area contributed by atoms with Crippen molar-refractivity contribution < 1.29 is 14.3 Å². The highest BCUT2D eigenvalue weighted by atomic mass is 16.4. The van der Waals surface area contributed by atoms with E-state index in [0.29, 0.717) is 5.56 Å². The molecule has 0 fully saturated rings. The zero-order valence-electron chi connectivity index (χ0n) is 15.8. The van der Waals surface area contributed by atoms with Crippen LogP contribution < -0.4 is 9.93 Å². The monoisotopic (exact) mass is 362 g/mol. The van der Waals surface area contributed by atoms with Crippen LogP contribution in [0, 0.1) is 0 Å². The summed E-state index contributed by atoms with van der Waals surface area (Å²) in [6.07, 6.45) is 2.87. The minimum atomic E-state index is -0.897. The fourth-order valence-electron chi connectivity index (χ4n) is 4.17. The van der Waals surface area contributed by atoms with Crippen LogP contribution in [0.5, 0.6) is 0 Å². The lowest BCUT2D eigenvalue weighted by atomic mass is 9.89.